The molecule has 0 spiro atoms. The molecule has 0 aromatic carbocycles. The zero-order valence-corrected chi connectivity index (χ0v) is 11.7. The van der Waals surface area contributed by atoms with Gasteiger partial charge in [0.1, 0.15) is 5.54 Å². The van der Waals surface area contributed by atoms with E-state index in [1.165, 1.54) is 6.92 Å². The molecule has 2 rings (SSSR count). The smallest absolute Gasteiger partial charge is 0.245 e. The van der Waals surface area contributed by atoms with Gasteiger partial charge < -0.3 is 15.4 Å². The standard InChI is InChI=1S/C14H24N2O3/c1-11(17)16-14(7-3-2-4-8-14)13(18)15-12-5-9-19-10-6-12/h12H,2-10H2,1H3,(H,15,18)(H,16,17). The van der Waals surface area contributed by atoms with Gasteiger partial charge in [-0.15, -0.1) is 0 Å². The summed E-state index contributed by atoms with van der Waals surface area (Å²) in [7, 11) is 0. The van der Waals surface area contributed by atoms with Gasteiger partial charge >= 0.3 is 0 Å². The molecule has 0 radical (unpaired) electrons. The van der Waals surface area contributed by atoms with Crippen molar-refractivity contribution in [2.24, 2.45) is 0 Å². The van der Waals surface area contributed by atoms with E-state index < -0.39 is 5.54 Å². The highest BCUT2D eigenvalue weighted by Gasteiger charge is 2.40. The fourth-order valence-corrected chi connectivity index (χ4v) is 3.07. The molecule has 0 unspecified atom stereocenters. The Kier molecular flexibility index (Phi) is 4.80. The molecule has 0 aromatic rings. The molecule has 0 aromatic heterocycles. The lowest BCUT2D eigenvalue weighted by Crippen LogP contribution is -2.61. The number of amides is 2. The summed E-state index contributed by atoms with van der Waals surface area (Å²) in [6.07, 6.45) is 6.38. The van der Waals surface area contributed by atoms with E-state index in [-0.39, 0.29) is 17.9 Å². The molecular formula is C14H24N2O3. The molecule has 0 atom stereocenters. The minimum atomic E-state index is -0.678. The van der Waals surface area contributed by atoms with Crippen molar-refractivity contribution in [3.05, 3.63) is 0 Å². The molecule has 5 heteroatoms. The molecule has 19 heavy (non-hydrogen) atoms. The number of carbonyl (C=O) groups is 2. The Morgan fingerprint density at radius 3 is 2.32 bits per heavy atom. The summed E-state index contributed by atoms with van der Waals surface area (Å²) in [6.45, 7) is 2.90. The molecular weight excluding hydrogens is 244 g/mol. The first-order valence-electron chi connectivity index (χ1n) is 7.30. The second-order valence-electron chi connectivity index (χ2n) is 5.68. The summed E-state index contributed by atoms with van der Waals surface area (Å²) in [6, 6.07) is 0.189. The van der Waals surface area contributed by atoms with Crippen molar-refractivity contribution in [1.29, 1.82) is 0 Å². The van der Waals surface area contributed by atoms with Gasteiger partial charge in [0.25, 0.3) is 0 Å². The molecule has 5 nitrogen and oxygen atoms in total. The van der Waals surface area contributed by atoms with E-state index in [0.29, 0.717) is 13.2 Å². The van der Waals surface area contributed by atoms with Crippen molar-refractivity contribution in [3.8, 4) is 0 Å². The van der Waals surface area contributed by atoms with Crippen LogP contribution in [-0.4, -0.2) is 36.6 Å². The summed E-state index contributed by atoms with van der Waals surface area (Å²) in [5, 5.41) is 6.00. The van der Waals surface area contributed by atoms with E-state index in [4.69, 9.17) is 4.74 Å². The lowest BCUT2D eigenvalue weighted by Gasteiger charge is -2.38. The monoisotopic (exact) mass is 268 g/mol. The van der Waals surface area contributed by atoms with Crippen LogP contribution in [0.15, 0.2) is 0 Å². The van der Waals surface area contributed by atoms with Crippen LogP contribution in [0.1, 0.15) is 51.9 Å². The summed E-state index contributed by atoms with van der Waals surface area (Å²) >= 11 is 0. The van der Waals surface area contributed by atoms with Gasteiger partial charge in [0.05, 0.1) is 0 Å². The van der Waals surface area contributed by atoms with Crippen molar-refractivity contribution in [3.63, 3.8) is 0 Å². The minimum Gasteiger partial charge on any atom is -0.381 e. The third-order valence-electron chi connectivity index (χ3n) is 4.11. The van der Waals surface area contributed by atoms with Gasteiger partial charge in [-0.2, -0.15) is 0 Å². The summed E-state index contributed by atoms with van der Waals surface area (Å²) in [5.41, 5.74) is -0.678. The van der Waals surface area contributed by atoms with E-state index in [2.05, 4.69) is 10.6 Å². The van der Waals surface area contributed by atoms with Crippen molar-refractivity contribution in [1.82, 2.24) is 10.6 Å². The van der Waals surface area contributed by atoms with E-state index in [0.717, 1.165) is 44.9 Å². The Balaban J connectivity index is 1.99. The average molecular weight is 268 g/mol. The predicted molar refractivity (Wildman–Crippen MR) is 71.6 cm³/mol. The Morgan fingerprint density at radius 2 is 1.74 bits per heavy atom. The molecule has 1 saturated carbocycles. The second kappa shape index (κ2) is 6.37. The SMILES string of the molecule is CC(=O)NC1(C(=O)NC2CCOCC2)CCCCC1. The number of hydrogen-bond acceptors (Lipinski definition) is 3. The van der Waals surface area contributed by atoms with Crippen LogP contribution in [-0.2, 0) is 14.3 Å². The predicted octanol–water partition coefficient (Wildman–Crippen LogP) is 1.12. The van der Waals surface area contributed by atoms with Crippen LogP contribution in [0.3, 0.4) is 0 Å². The molecule has 2 fully saturated rings. The lowest BCUT2D eigenvalue weighted by molar-refractivity contribution is -0.135. The molecule has 1 aliphatic carbocycles. The number of rotatable bonds is 3. The zero-order valence-electron chi connectivity index (χ0n) is 11.7. The van der Waals surface area contributed by atoms with Gasteiger partial charge in [0, 0.05) is 26.2 Å². The highest BCUT2D eigenvalue weighted by atomic mass is 16.5. The number of nitrogens with one attached hydrogen (secondary N) is 2. The Morgan fingerprint density at radius 1 is 1.11 bits per heavy atom. The molecule has 1 heterocycles. The maximum Gasteiger partial charge on any atom is 0.245 e. The topological polar surface area (TPSA) is 67.4 Å². The Labute approximate surface area is 114 Å². The average Bonchev–Trinajstić information content (AvgIpc) is 2.40. The van der Waals surface area contributed by atoms with Crippen LogP contribution < -0.4 is 10.6 Å². The molecule has 1 saturated heterocycles. The van der Waals surface area contributed by atoms with Crippen molar-refractivity contribution in [2.75, 3.05) is 13.2 Å². The quantitative estimate of drug-likeness (QED) is 0.806. The molecule has 2 N–H and O–H groups in total. The first-order valence-corrected chi connectivity index (χ1v) is 7.30. The van der Waals surface area contributed by atoms with Crippen molar-refractivity contribution in [2.45, 2.75) is 63.5 Å². The van der Waals surface area contributed by atoms with Crippen LogP contribution in [0.4, 0.5) is 0 Å². The van der Waals surface area contributed by atoms with Crippen molar-refractivity contribution >= 4 is 11.8 Å². The Hall–Kier alpha value is -1.10. The van der Waals surface area contributed by atoms with Crippen LogP contribution in [0.25, 0.3) is 0 Å². The second-order valence-corrected chi connectivity index (χ2v) is 5.68. The highest BCUT2D eigenvalue weighted by molar-refractivity contribution is 5.91. The molecule has 108 valence electrons. The van der Waals surface area contributed by atoms with Gasteiger partial charge in [0.15, 0.2) is 0 Å². The first kappa shape index (κ1) is 14.3. The van der Waals surface area contributed by atoms with Gasteiger partial charge in [-0.1, -0.05) is 19.3 Å². The van der Waals surface area contributed by atoms with Crippen LogP contribution in [0.5, 0.6) is 0 Å². The summed E-state index contributed by atoms with van der Waals surface area (Å²) < 4.78 is 5.30. The van der Waals surface area contributed by atoms with Crippen LogP contribution >= 0.6 is 0 Å². The normalized spacial score (nSPS) is 23.6. The van der Waals surface area contributed by atoms with E-state index in [1.807, 2.05) is 0 Å². The molecule has 0 bridgehead atoms. The fraction of sp³-hybridized carbons (Fsp3) is 0.857. The maximum atomic E-state index is 12.6. The summed E-state index contributed by atoms with van der Waals surface area (Å²) in [4.78, 5) is 24.0. The molecule has 1 aliphatic heterocycles. The van der Waals surface area contributed by atoms with Gasteiger partial charge in [0.2, 0.25) is 11.8 Å². The summed E-state index contributed by atoms with van der Waals surface area (Å²) in [5.74, 6) is -0.127. The van der Waals surface area contributed by atoms with Crippen LogP contribution in [0, 0.1) is 0 Å². The number of hydrogen-bond donors (Lipinski definition) is 2. The minimum absolute atomic E-state index is 0.00528. The maximum absolute atomic E-state index is 12.6. The molecule has 2 aliphatic rings. The Bertz CT molecular complexity index is 332. The third-order valence-corrected chi connectivity index (χ3v) is 4.11. The van der Waals surface area contributed by atoms with E-state index in [9.17, 15) is 9.59 Å². The lowest BCUT2D eigenvalue weighted by atomic mass is 9.80. The largest absolute Gasteiger partial charge is 0.381 e. The zero-order chi connectivity index (χ0) is 13.7. The van der Waals surface area contributed by atoms with Gasteiger partial charge in [-0.05, 0) is 25.7 Å². The van der Waals surface area contributed by atoms with E-state index >= 15 is 0 Å². The molecule has 2 amide bonds. The number of carbonyl (C=O) groups excluding carboxylic acids is 2. The van der Waals surface area contributed by atoms with Gasteiger partial charge in [-0.3, -0.25) is 9.59 Å². The van der Waals surface area contributed by atoms with Gasteiger partial charge in [-0.25, -0.2) is 0 Å². The van der Waals surface area contributed by atoms with Crippen LogP contribution in [0.2, 0.25) is 0 Å². The highest BCUT2D eigenvalue weighted by Crippen LogP contribution is 2.29. The van der Waals surface area contributed by atoms with Crippen molar-refractivity contribution < 1.29 is 14.3 Å². The number of ether oxygens (including phenoxy) is 1. The first-order chi connectivity index (χ1) is 9.12. The van der Waals surface area contributed by atoms with E-state index in [1.54, 1.807) is 0 Å². The third kappa shape index (κ3) is 3.69. The fourth-order valence-electron chi connectivity index (χ4n) is 3.07.